The van der Waals surface area contributed by atoms with Gasteiger partial charge in [0.1, 0.15) is 11.4 Å². The van der Waals surface area contributed by atoms with Gasteiger partial charge in [0.2, 0.25) is 0 Å². The second kappa shape index (κ2) is 6.28. The number of alkyl carbamates (subject to hydrolysis) is 1. The molecule has 0 bridgehead atoms. The summed E-state index contributed by atoms with van der Waals surface area (Å²) in [5.41, 5.74) is 0.559. The number of amides is 1. The quantitative estimate of drug-likeness (QED) is 0.748. The van der Waals surface area contributed by atoms with E-state index >= 15 is 0 Å². The number of nitrogens with zero attached hydrogens (tertiary/aromatic N) is 1. The molecule has 0 aromatic carbocycles. The number of ether oxygens (including phenoxy) is 1. The number of carbonyl (C=O) groups is 1. The molecule has 3 N–H and O–H groups in total. The Kier molecular flexibility index (Phi) is 4.65. The van der Waals surface area contributed by atoms with Crippen molar-refractivity contribution < 1.29 is 9.53 Å². The van der Waals surface area contributed by atoms with Gasteiger partial charge in [-0.2, -0.15) is 0 Å². The number of carbonyl (C=O) groups excluding carboxylic acids is 1. The summed E-state index contributed by atoms with van der Waals surface area (Å²) in [4.78, 5) is 19.1. The van der Waals surface area contributed by atoms with E-state index in [4.69, 9.17) is 10.1 Å². The average Bonchev–Trinajstić information content (AvgIpc) is 2.86. The Labute approximate surface area is 125 Å². The van der Waals surface area contributed by atoms with Crippen molar-refractivity contribution in [3.63, 3.8) is 0 Å². The molecule has 0 spiro atoms. The van der Waals surface area contributed by atoms with Crippen molar-refractivity contribution in [3.05, 3.63) is 17.7 Å². The highest BCUT2D eigenvalue weighted by Gasteiger charge is 2.26. The first-order valence-corrected chi connectivity index (χ1v) is 7.42. The number of nitrogens with one attached hydrogen (secondary N) is 3. The summed E-state index contributed by atoms with van der Waals surface area (Å²) in [6.07, 6.45) is 6.60. The highest BCUT2D eigenvalue weighted by molar-refractivity contribution is 5.71. The van der Waals surface area contributed by atoms with Gasteiger partial charge in [-0.15, -0.1) is 0 Å². The van der Waals surface area contributed by atoms with Crippen LogP contribution in [-0.4, -0.2) is 33.9 Å². The third-order valence-electron chi connectivity index (χ3n) is 3.62. The van der Waals surface area contributed by atoms with Gasteiger partial charge in [-0.05, 0) is 46.5 Å². The van der Waals surface area contributed by atoms with Gasteiger partial charge >= 0.3 is 6.09 Å². The van der Waals surface area contributed by atoms with Crippen molar-refractivity contribution in [2.75, 3.05) is 0 Å². The maximum absolute atomic E-state index is 11.7. The zero-order valence-electron chi connectivity index (χ0n) is 12.9. The Bertz CT molecular complexity index is 496. The molecule has 0 aliphatic heterocycles. The van der Waals surface area contributed by atoms with E-state index in [0.717, 1.165) is 31.4 Å². The third-order valence-corrected chi connectivity index (χ3v) is 3.62. The number of rotatable bonds is 3. The highest BCUT2D eigenvalue weighted by atomic mass is 16.6. The SMILES string of the molecule is CC(C)(C)OC(=O)NC1CCC(c2c[nH]c(C=N)n2)CC1. The molecule has 1 fully saturated rings. The van der Waals surface area contributed by atoms with Crippen molar-refractivity contribution in [2.45, 2.75) is 64.0 Å². The zero-order chi connectivity index (χ0) is 15.5. The highest BCUT2D eigenvalue weighted by Crippen LogP contribution is 2.31. The Balaban J connectivity index is 1.80. The molecule has 1 aliphatic carbocycles. The monoisotopic (exact) mass is 292 g/mol. The maximum Gasteiger partial charge on any atom is 0.407 e. The van der Waals surface area contributed by atoms with Crippen LogP contribution in [0.2, 0.25) is 0 Å². The fourth-order valence-corrected chi connectivity index (χ4v) is 2.64. The molecular formula is C15H24N4O2. The van der Waals surface area contributed by atoms with Gasteiger partial charge in [0, 0.05) is 18.2 Å². The van der Waals surface area contributed by atoms with Gasteiger partial charge < -0.3 is 20.4 Å². The largest absolute Gasteiger partial charge is 0.444 e. The second-order valence-electron chi connectivity index (χ2n) is 6.55. The Hall–Kier alpha value is -1.85. The predicted molar refractivity (Wildman–Crippen MR) is 80.8 cm³/mol. The lowest BCUT2D eigenvalue weighted by Gasteiger charge is -2.29. The van der Waals surface area contributed by atoms with Crippen LogP contribution >= 0.6 is 0 Å². The summed E-state index contributed by atoms with van der Waals surface area (Å²) in [6.45, 7) is 5.59. The minimum atomic E-state index is -0.459. The summed E-state index contributed by atoms with van der Waals surface area (Å²) in [5, 5.41) is 10.1. The summed E-state index contributed by atoms with van der Waals surface area (Å²) in [7, 11) is 0. The minimum absolute atomic E-state index is 0.178. The molecule has 21 heavy (non-hydrogen) atoms. The van der Waals surface area contributed by atoms with E-state index in [2.05, 4.69) is 15.3 Å². The first-order chi connectivity index (χ1) is 9.87. The first kappa shape index (κ1) is 15.5. The lowest BCUT2D eigenvalue weighted by molar-refractivity contribution is 0.0491. The van der Waals surface area contributed by atoms with Crippen LogP contribution in [0.15, 0.2) is 6.20 Å². The van der Waals surface area contributed by atoms with Crippen molar-refractivity contribution in [1.29, 1.82) is 5.41 Å². The fraction of sp³-hybridized carbons (Fsp3) is 0.667. The molecule has 6 nitrogen and oxygen atoms in total. The van der Waals surface area contributed by atoms with Crippen molar-refractivity contribution in [3.8, 4) is 0 Å². The van der Waals surface area contributed by atoms with Gasteiger partial charge in [-0.25, -0.2) is 9.78 Å². The molecule has 1 saturated carbocycles. The Morgan fingerprint density at radius 3 is 2.62 bits per heavy atom. The summed E-state index contributed by atoms with van der Waals surface area (Å²) >= 11 is 0. The van der Waals surface area contributed by atoms with Crippen LogP contribution in [0.3, 0.4) is 0 Å². The van der Waals surface area contributed by atoms with E-state index in [-0.39, 0.29) is 12.1 Å². The van der Waals surface area contributed by atoms with Crippen LogP contribution in [0, 0.1) is 5.41 Å². The molecule has 1 aliphatic rings. The van der Waals surface area contributed by atoms with Crippen molar-refractivity contribution in [2.24, 2.45) is 0 Å². The predicted octanol–water partition coefficient (Wildman–Crippen LogP) is 2.96. The van der Waals surface area contributed by atoms with E-state index in [1.54, 1.807) is 0 Å². The molecule has 6 heteroatoms. The van der Waals surface area contributed by atoms with Crippen LogP contribution in [0.1, 0.15) is 63.9 Å². The molecule has 0 unspecified atom stereocenters. The molecule has 116 valence electrons. The molecule has 1 aromatic rings. The number of hydrogen-bond acceptors (Lipinski definition) is 4. The van der Waals surface area contributed by atoms with E-state index in [0.29, 0.717) is 11.7 Å². The normalized spacial score (nSPS) is 22.6. The molecular weight excluding hydrogens is 268 g/mol. The molecule has 1 amide bonds. The van der Waals surface area contributed by atoms with E-state index in [1.807, 2.05) is 27.0 Å². The summed E-state index contributed by atoms with van der Waals surface area (Å²) in [6, 6.07) is 0.178. The smallest absolute Gasteiger partial charge is 0.407 e. The van der Waals surface area contributed by atoms with Gasteiger partial charge in [-0.3, -0.25) is 0 Å². The number of aromatic amines is 1. The zero-order valence-corrected chi connectivity index (χ0v) is 12.9. The number of aromatic nitrogens is 2. The van der Waals surface area contributed by atoms with Crippen LogP contribution in [0.5, 0.6) is 0 Å². The van der Waals surface area contributed by atoms with Crippen LogP contribution in [0.4, 0.5) is 4.79 Å². The molecule has 1 heterocycles. The molecule has 0 saturated heterocycles. The summed E-state index contributed by atoms with van der Waals surface area (Å²) < 4.78 is 5.28. The number of hydrogen-bond donors (Lipinski definition) is 3. The van der Waals surface area contributed by atoms with Gasteiger partial charge in [-0.1, -0.05) is 0 Å². The van der Waals surface area contributed by atoms with Crippen molar-refractivity contribution >= 4 is 12.3 Å². The van der Waals surface area contributed by atoms with Gasteiger partial charge in [0.25, 0.3) is 0 Å². The minimum Gasteiger partial charge on any atom is -0.444 e. The van der Waals surface area contributed by atoms with Crippen LogP contribution in [0.25, 0.3) is 0 Å². The fourth-order valence-electron chi connectivity index (χ4n) is 2.64. The van der Waals surface area contributed by atoms with Gasteiger partial charge in [0.15, 0.2) is 0 Å². The standard InChI is InChI=1S/C15H24N4O2/c1-15(2,3)21-14(20)18-11-6-4-10(5-7-11)12-9-17-13(8-16)19-12/h8-11,16H,4-7H2,1-3H3,(H,17,19)(H,18,20). The molecule has 2 rings (SSSR count). The summed E-state index contributed by atoms with van der Waals surface area (Å²) in [5.74, 6) is 1.01. The topological polar surface area (TPSA) is 90.9 Å². The Morgan fingerprint density at radius 1 is 1.43 bits per heavy atom. The average molecular weight is 292 g/mol. The number of H-pyrrole nitrogens is 1. The first-order valence-electron chi connectivity index (χ1n) is 7.42. The van der Waals surface area contributed by atoms with Gasteiger partial charge in [0.05, 0.1) is 11.9 Å². The third kappa shape index (κ3) is 4.58. The number of imidazole rings is 1. The van der Waals surface area contributed by atoms with E-state index in [1.165, 1.54) is 6.21 Å². The lowest BCUT2D eigenvalue weighted by Crippen LogP contribution is -2.40. The molecule has 1 aromatic heterocycles. The van der Waals surface area contributed by atoms with E-state index in [9.17, 15) is 4.79 Å². The van der Waals surface area contributed by atoms with E-state index < -0.39 is 5.60 Å². The van der Waals surface area contributed by atoms with Crippen LogP contribution < -0.4 is 5.32 Å². The Morgan fingerprint density at radius 2 is 2.10 bits per heavy atom. The molecule has 0 radical (unpaired) electrons. The molecule has 0 atom stereocenters. The van der Waals surface area contributed by atoms with Crippen LogP contribution in [-0.2, 0) is 4.74 Å². The lowest BCUT2D eigenvalue weighted by atomic mass is 9.84. The van der Waals surface area contributed by atoms with Crippen molar-refractivity contribution in [1.82, 2.24) is 15.3 Å². The second-order valence-corrected chi connectivity index (χ2v) is 6.55. The maximum atomic E-state index is 11.7.